The second-order valence-electron chi connectivity index (χ2n) is 5.52. The van der Waals surface area contributed by atoms with Crippen molar-refractivity contribution in [3.8, 4) is 0 Å². The summed E-state index contributed by atoms with van der Waals surface area (Å²) in [6, 6.07) is 6.71. The van der Waals surface area contributed by atoms with Crippen LogP contribution in [0.5, 0.6) is 0 Å². The molecule has 0 saturated heterocycles. The molecule has 0 aromatic heterocycles. The first-order valence-corrected chi connectivity index (χ1v) is 6.80. The molecule has 0 amide bonds. The van der Waals surface area contributed by atoms with Gasteiger partial charge < -0.3 is 15.3 Å². The van der Waals surface area contributed by atoms with Gasteiger partial charge in [-0.1, -0.05) is 13.8 Å². The van der Waals surface area contributed by atoms with E-state index in [-0.39, 0.29) is 5.82 Å². The van der Waals surface area contributed by atoms with Crippen molar-refractivity contribution < 1.29 is 9.50 Å². The number of nitrogens with zero attached hydrogens (tertiary/aromatic N) is 1. The van der Waals surface area contributed by atoms with Gasteiger partial charge in [-0.2, -0.15) is 0 Å². The first-order chi connectivity index (χ1) is 8.84. The summed E-state index contributed by atoms with van der Waals surface area (Å²) in [5, 5.41) is 13.6. The SMILES string of the molecule is CCN(CC(C)(O)CNC(C)C)c1ccc(F)cc1. The molecule has 1 rings (SSSR count). The van der Waals surface area contributed by atoms with Crippen LogP contribution in [0.15, 0.2) is 24.3 Å². The molecule has 0 spiro atoms. The Bertz CT molecular complexity index is 376. The van der Waals surface area contributed by atoms with Crippen LogP contribution in [0, 0.1) is 5.82 Å². The predicted molar refractivity (Wildman–Crippen MR) is 78.0 cm³/mol. The Morgan fingerprint density at radius 3 is 2.37 bits per heavy atom. The number of rotatable bonds is 7. The number of aliphatic hydroxyl groups is 1. The molecule has 3 nitrogen and oxygen atoms in total. The molecule has 0 fully saturated rings. The maximum atomic E-state index is 12.9. The molecule has 108 valence electrons. The van der Waals surface area contributed by atoms with Crippen LogP contribution in [-0.4, -0.2) is 36.4 Å². The second-order valence-corrected chi connectivity index (χ2v) is 5.52. The molecule has 4 heteroatoms. The fraction of sp³-hybridized carbons (Fsp3) is 0.600. The highest BCUT2D eigenvalue weighted by molar-refractivity contribution is 5.46. The summed E-state index contributed by atoms with van der Waals surface area (Å²) in [6.45, 7) is 9.74. The predicted octanol–water partition coefficient (Wildman–Crippen LogP) is 2.40. The molecule has 0 saturated carbocycles. The van der Waals surface area contributed by atoms with Crippen molar-refractivity contribution in [3.05, 3.63) is 30.1 Å². The number of halogens is 1. The molecule has 1 aromatic rings. The van der Waals surface area contributed by atoms with Crippen molar-refractivity contribution in [2.45, 2.75) is 39.3 Å². The molecule has 1 atom stereocenters. The minimum absolute atomic E-state index is 0.243. The van der Waals surface area contributed by atoms with Crippen LogP contribution < -0.4 is 10.2 Å². The lowest BCUT2D eigenvalue weighted by molar-refractivity contribution is 0.0647. The van der Waals surface area contributed by atoms with E-state index >= 15 is 0 Å². The Morgan fingerprint density at radius 1 is 1.32 bits per heavy atom. The van der Waals surface area contributed by atoms with E-state index in [0.29, 0.717) is 19.1 Å². The van der Waals surface area contributed by atoms with Gasteiger partial charge in [0.05, 0.1) is 5.60 Å². The average molecular weight is 268 g/mol. The minimum Gasteiger partial charge on any atom is -0.387 e. The maximum Gasteiger partial charge on any atom is 0.123 e. The number of nitrogens with one attached hydrogen (secondary N) is 1. The largest absolute Gasteiger partial charge is 0.387 e. The molecule has 2 N–H and O–H groups in total. The molecule has 0 radical (unpaired) electrons. The van der Waals surface area contributed by atoms with Crippen LogP contribution >= 0.6 is 0 Å². The van der Waals surface area contributed by atoms with E-state index in [4.69, 9.17) is 0 Å². The van der Waals surface area contributed by atoms with Crippen LogP contribution in [-0.2, 0) is 0 Å². The number of hydrogen-bond acceptors (Lipinski definition) is 3. The number of anilines is 1. The molecule has 1 aromatic carbocycles. The molecule has 0 aliphatic heterocycles. The van der Waals surface area contributed by atoms with Gasteiger partial charge in [-0.25, -0.2) is 4.39 Å². The Kier molecular flexibility index (Phi) is 5.76. The second kappa shape index (κ2) is 6.87. The van der Waals surface area contributed by atoms with Crippen molar-refractivity contribution in [2.24, 2.45) is 0 Å². The van der Waals surface area contributed by atoms with Crippen molar-refractivity contribution in [1.82, 2.24) is 5.32 Å². The van der Waals surface area contributed by atoms with Gasteiger partial charge in [0.2, 0.25) is 0 Å². The van der Waals surface area contributed by atoms with Gasteiger partial charge in [0.25, 0.3) is 0 Å². The van der Waals surface area contributed by atoms with Crippen LogP contribution in [0.3, 0.4) is 0 Å². The van der Waals surface area contributed by atoms with Gasteiger partial charge in [-0.3, -0.25) is 0 Å². The smallest absolute Gasteiger partial charge is 0.123 e. The Morgan fingerprint density at radius 2 is 1.89 bits per heavy atom. The first-order valence-electron chi connectivity index (χ1n) is 6.80. The summed E-state index contributed by atoms with van der Waals surface area (Å²) in [6.07, 6.45) is 0. The lowest BCUT2D eigenvalue weighted by Crippen LogP contribution is -2.49. The Balaban J connectivity index is 2.67. The van der Waals surface area contributed by atoms with Crippen LogP contribution in [0.25, 0.3) is 0 Å². The average Bonchev–Trinajstić information content (AvgIpc) is 2.35. The van der Waals surface area contributed by atoms with Crippen molar-refractivity contribution in [1.29, 1.82) is 0 Å². The van der Waals surface area contributed by atoms with Crippen molar-refractivity contribution in [3.63, 3.8) is 0 Å². The quantitative estimate of drug-likeness (QED) is 0.797. The van der Waals surface area contributed by atoms with E-state index in [2.05, 4.69) is 5.32 Å². The van der Waals surface area contributed by atoms with E-state index in [1.807, 2.05) is 32.6 Å². The number of benzene rings is 1. The first kappa shape index (κ1) is 15.9. The van der Waals surface area contributed by atoms with E-state index in [1.165, 1.54) is 12.1 Å². The molecule has 1 unspecified atom stereocenters. The highest BCUT2D eigenvalue weighted by Gasteiger charge is 2.23. The van der Waals surface area contributed by atoms with E-state index in [9.17, 15) is 9.50 Å². The molecule has 0 bridgehead atoms. The van der Waals surface area contributed by atoms with Crippen molar-refractivity contribution >= 4 is 5.69 Å². The van der Waals surface area contributed by atoms with E-state index in [0.717, 1.165) is 12.2 Å². The third-order valence-corrected chi connectivity index (χ3v) is 3.00. The molecule has 0 aliphatic rings. The number of likely N-dealkylation sites (N-methyl/N-ethyl adjacent to an activating group) is 1. The van der Waals surface area contributed by atoms with Gasteiger partial charge >= 0.3 is 0 Å². The van der Waals surface area contributed by atoms with Gasteiger partial charge in [-0.05, 0) is 38.1 Å². The maximum absolute atomic E-state index is 12.9. The Hall–Kier alpha value is -1.13. The third-order valence-electron chi connectivity index (χ3n) is 3.00. The molecular formula is C15H25FN2O. The zero-order chi connectivity index (χ0) is 14.5. The number of hydrogen-bond donors (Lipinski definition) is 2. The summed E-state index contributed by atoms with van der Waals surface area (Å²) < 4.78 is 12.9. The van der Waals surface area contributed by atoms with Crippen LogP contribution in [0.2, 0.25) is 0 Å². The molecule has 19 heavy (non-hydrogen) atoms. The standard InChI is InChI=1S/C15H25FN2O/c1-5-18(14-8-6-13(16)7-9-14)11-15(4,19)10-17-12(2)3/h6-9,12,17,19H,5,10-11H2,1-4H3. The van der Waals surface area contributed by atoms with Gasteiger partial charge in [0.15, 0.2) is 0 Å². The highest BCUT2D eigenvalue weighted by Crippen LogP contribution is 2.17. The summed E-state index contributed by atoms with van der Waals surface area (Å²) in [4.78, 5) is 2.04. The van der Waals surface area contributed by atoms with Gasteiger partial charge in [0, 0.05) is 31.4 Å². The lowest BCUT2D eigenvalue weighted by Gasteiger charge is -2.33. The van der Waals surface area contributed by atoms with Crippen molar-refractivity contribution in [2.75, 3.05) is 24.5 Å². The molecule has 0 aliphatic carbocycles. The van der Waals surface area contributed by atoms with Gasteiger partial charge in [-0.15, -0.1) is 0 Å². The lowest BCUT2D eigenvalue weighted by atomic mass is 10.1. The normalized spacial score (nSPS) is 14.5. The zero-order valence-electron chi connectivity index (χ0n) is 12.3. The van der Waals surface area contributed by atoms with Crippen LogP contribution in [0.4, 0.5) is 10.1 Å². The zero-order valence-corrected chi connectivity index (χ0v) is 12.3. The van der Waals surface area contributed by atoms with E-state index in [1.54, 1.807) is 12.1 Å². The summed E-state index contributed by atoms with van der Waals surface area (Å²) in [7, 11) is 0. The highest BCUT2D eigenvalue weighted by atomic mass is 19.1. The third kappa shape index (κ3) is 5.57. The topological polar surface area (TPSA) is 35.5 Å². The van der Waals surface area contributed by atoms with Gasteiger partial charge in [0.1, 0.15) is 5.82 Å². The Labute approximate surface area is 115 Å². The summed E-state index contributed by atoms with van der Waals surface area (Å²) in [5.41, 5.74) is 0.100. The monoisotopic (exact) mass is 268 g/mol. The fourth-order valence-corrected chi connectivity index (χ4v) is 1.93. The summed E-state index contributed by atoms with van der Waals surface area (Å²) in [5.74, 6) is -0.243. The van der Waals surface area contributed by atoms with Crippen LogP contribution in [0.1, 0.15) is 27.7 Å². The fourth-order valence-electron chi connectivity index (χ4n) is 1.93. The summed E-state index contributed by atoms with van der Waals surface area (Å²) >= 11 is 0. The minimum atomic E-state index is -0.825. The molecular weight excluding hydrogens is 243 g/mol. The molecule has 0 heterocycles. The van der Waals surface area contributed by atoms with E-state index < -0.39 is 5.60 Å².